The molecule has 1 heterocycles. The van der Waals surface area contributed by atoms with Crippen LogP contribution in [0, 0.1) is 0 Å². The first kappa shape index (κ1) is 14.6. The molecule has 8 heteroatoms. The normalized spacial score (nSPS) is 10.2. The van der Waals surface area contributed by atoms with Gasteiger partial charge >= 0.3 is 5.97 Å². The van der Waals surface area contributed by atoms with E-state index in [0.29, 0.717) is 23.7 Å². The fourth-order valence-corrected chi connectivity index (χ4v) is 1.65. The molecule has 21 heavy (non-hydrogen) atoms. The van der Waals surface area contributed by atoms with Gasteiger partial charge in [0.15, 0.2) is 5.82 Å². The number of aromatic nitrogens is 4. The van der Waals surface area contributed by atoms with Crippen LogP contribution in [0.3, 0.4) is 0 Å². The molecule has 110 valence electrons. The summed E-state index contributed by atoms with van der Waals surface area (Å²) in [5, 5.41) is 13.6. The minimum absolute atomic E-state index is 0.0725. The number of hydrogen-bond acceptors (Lipinski definition) is 6. The maximum Gasteiger partial charge on any atom is 0.338 e. The Bertz CT molecular complexity index is 636. The predicted octanol–water partition coefficient (Wildman–Crippen LogP) is 0.568. The van der Waals surface area contributed by atoms with E-state index in [1.165, 1.54) is 4.68 Å². The maximum atomic E-state index is 11.8. The summed E-state index contributed by atoms with van der Waals surface area (Å²) in [4.78, 5) is 23.3. The van der Waals surface area contributed by atoms with Crippen molar-refractivity contribution in [2.24, 2.45) is 7.05 Å². The summed E-state index contributed by atoms with van der Waals surface area (Å²) in [5.74, 6) is -0.159. The number of tetrazole rings is 1. The van der Waals surface area contributed by atoms with Crippen LogP contribution >= 0.6 is 0 Å². The van der Waals surface area contributed by atoms with E-state index < -0.39 is 0 Å². The number of nitrogens with one attached hydrogen (secondary N) is 1. The van der Waals surface area contributed by atoms with Gasteiger partial charge in [-0.25, -0.2) is 9.48 Å². The molecule has 1 aromatic heterocycles. The lowest BCUT2D eigenvalue weighted by atomic mass is 10.2. The molecule has 0 radical (unpaired) electrons. The SMILES string of the molecule is CCOC(=O)c1ccc(NC(=O)Cc2nnnn2C)cc1. The first-order chi connectivity index (χ1) is 10.1. The van der Waals surface area contributed by atoms with Gasteiger partial charge in [0, 0.05) is 12.7 Å². The summed E-state index contributed by atoms with van der Waals surface area (Å²) in [7, 11) is 1.66. The highest BCUT2D eigenvalue weighted by atomic mass is 16.5. The van der Waals surface area contributed by atoms with Gasteiger partial charge in [-0.05, 0) is 41.6 Å². The molecule has 0 bridgehead atoms. The fourth-order valence-electron chi connectivity index (χ4n) is 1.65. The quantitative estimate of drug-likeness (QED) is 0.808. The summed E-state index contributed by atoms with van der Waals surface area (Å²) < 4.78 is 6.31. The van der Waals surface area contributed by atoms with Crippen molar-refractivity contribution < 1.29 is 14.3 Å². The van der Waals surface area contributed by atoms with Crippen molar-refractivity contribution in [2.75, 3.05) is 11.9 Å². The molecule has 1 N–H and O–H groups in total. The number of ether oxygens (including phenoxy) is 1. The second-order valence-corrected chi connectivity index (χ2v) is 4.24. The molecule has 2 aromatic rings. The smallest absolute Gasteiger partial charge is 0.338 e. The van der Waals surface area contributed by atoms with Crippen LogP contribution in [0.5, 0.6) is 0 Å². The van der Waals surface area contributed by atoms with E-state index in [9.17, 15) is 9.59 Å². The topological polar surface area (TPSA) is 99.0 Å². The highest BCUT2D eigenvalue weighted by Gasteiger charge is 2.10. The first-order valence-electron chi connectivity index (χ1n) is 6.38. The van der Waals surface area contributed by atoms with Gasteiger partial charge in [0.2, 0.25) is 5.91 Å². The van der Waals surface area contributed by atoms with Gasteiger partial charge < -0.3 is 10.1 Å². The third-order valence-electron chi connectivity index (χ3n) is 2.71. The summed E-state index contributed by atoms with van der Waals surface area (Å²) in [6.07, 6.45) is 0.0725. The molecule has 1 amide bonds. The third-order valence-corrected chi connectivity index (χ3v) is 2.71. The first-order valence-corrected chi connectivity index (χ1v) is 6.38. The van der Waals surface area contributed by atoms with Gasteiger partial charge in [-0.15, -0.1) is 5.10 Å². The molecule has 0 fully saturated rings. The van der Waals surface area contributed by atoms with Gasteiger partial charge in [-0.1, -0.05) is 0 Å². The van der Waals surface area contributed by atoms with Crippen molar-refractivity contribution in [3.05, 3.63) is 35.7 Å². The molecule has 0 aliphatic carbocycles. The zero-order chi connectivity index (χ0) is 15.2. The van der Waals surface area contributed by atoms with Gasteiger partial charge in [0.1, 0.15) is 0 Å². The molecule has 0 atom stereocenters. The summed E-state index contributed by atoms with van der Waals surface area (Å²) >= 11 is 0. The average Bonchev–Trinajstić information content (AvgIpc) is 2.85. The van der Waals surface area contributed by atoms with E-state index in [2.05, 4.69) is 20.8 Å². The van der Waals surface area contributed by atoms with Crippen LogP contribution in [0.4, 0.5) is 5.69 Å². The van der Waals surface area contributed by atoms with E-state index in [1.807, 2.05) is 0 Å². The van der Waals surface area contributed by atoms with Crippen molar-refractivity contribution >= 4 is 17.6 Å². The van der Waals surface area contributed by atoms with E-state index in [0.717, 1.165) is 0 Å². The Balaban J connectivity index is 1.95. The van der Waals surface area contributed by atoms with Gasteiger partial charge in [-0.2, -0.15) is 0 Å². The fraction of sp³-hybridized carbons (Fsp3) is 0.308. The number of nitrogens with zero attached hydrogens (tertiary/aromatic N) is 4. The standard InChI is InChI=1S/C13H15N5O3/c1-3-21-13(20)9-4-6-10(7-5-9)14-12(19)8-11-15-16-17-18(11)2/h4-7H,3,8H2,1-2H3,(H,14,19). The van der Waals surface area contributed by atoms with E-state index >= 15 is 0 Å². The highest BCUT2D eigenvalue weighted by molar-refractivity contribution is 5.93. The average molecular weight is 289 g/mol. The van der Waals surface area contributed by atoms with Gasteiger partial charge in [0.25, 0.3) is 0 Å². The second-order valence-electron chi connectivity index (χ2n) is 4.24. The van der Waals surface area contributed by atoms with Crippen LogP contribution in [0.15, 0.2) is 24.3 Å². The van der Waals surface area contributed by atoms with Crippen molar-refractivity contribution in [1.82, 2.24) is 20.2 Å². The summed E-state index contributed by atoms with van der Waals surface area (Å²) in [6.45, 7) is 2.07. The summed E-state index contributed by atoms with van der Waals surface area (Å²) in [6, 6.07) is 6.47. The second kappa shape index (κ2) is 6.60. The van der Waals surface area contributed by atoms with Gasteiger partial charge in [-0.3, -0.25) is 4.79 Å². The Kier molecular flexibility index (Phi) is 4.60. The molecule has 0 spiro atoms. The summed E-state index contributed by atoms with van der Waals surface area (Å²) in [5.41, 5.74) is 1.02. The molecule has 0 unspecified atom stereocenters. The molecule has 0 saturated heterocycles. The highest BCUT2D eigenvalue weighted by Crippen LogP contribution is 2.11. The lowest BCUT2D eigenvalue weighted by molar-refractivity contribution is -0.115. The number of benzene rings is 1. The maximum absolute atomic E-state index is 11.8. The van der Waals surface area contributed by atoms with Crippen molar-refractivity contribution in [3.8, 4) is 0 Å². The van der Waals surface area contributed by atoms with E-state index in [-0.39, 0.29) is 18.3 Å². The van der Waals surface area contributed by atoms with Crippen LogP contribution in [0.25, 0.3) is 0 Å². The number of carbonyl (C=O) groups excluding carboxylic acids is 2. The van der Waals surface area contributed by atoms with E-state index in [1.54, 1.807) is 38.2 Å². The number of amides is 1. The monoisotopic (exact) mass is 289 g/mol. The van der Waals surface area contributed by atoms with Crippen LogP contribution in [0.2, 0.25) is 0 Å². The molecule has 8 nitrogen and oxygen atoms in total. The Morgan fingerprint density at radius 2 is 2.00 bits per heavy atom. The Morgan fingerprint density at radius 3 is 2.57 bits per heavy atom. The molecule has 0 aliphatic rings. The number of esters is 1. The zero-order valence-electron chi connectivity index (χ0n) is 11.7. The molecule has 1 aromatic carbocycles. The zero-order valence-corrected chi connectivity index (χ0v) is 11.7. The number of anilines is 1. The van der Waals surface area contributed by atoms with Gasteiger partial charge in [0.05, 0.1) is 18.6 Å². The Hall–Kier alpha value is -2.77. The Morgan fingerprint density at radius 1 is 1.29 bits per heavy atom. The van der Waals surface area contributed by atoms with E-state index in [4.69, 9.17) is 4.74 Å². The van der Waals surface area contributed by atoms with Crippen LogP contribution in [-0.2, 0) is 23.0 Å². The lowest BCUT2D eigenvalue weighted by Crippen LogP contribution is -2.17. The molecule has 0 saturated carbocycles. The molecule has 0 aliphatic heterocycles. The van der Waals surface area contributed by atoms with Crippen LogP contribution < -0.4 is 5.32 Å². The number of hydrogen-bond donors (Lipinski definition) is 1. The Labute approximate surface area is 121 Å². The van der Waals surface area contributed by atoms with Crippen molar-refractivity contribution in [3.63, 3.8) is 0 Å². The largest absolute Gasteiger partial charge is 0.462 e. The van der Waals surface area contributed by atoms with Crippen LogP contribution in [-0.4, -0.2) is 38.7 Å². The number of carbonyl (C=O) groups is 2. The van der Waals surface area contributed by atoms with Crippen molar-refractivity contribution in [1.29, 1.82) is 0 Å². The predicted molar refractivity (Wildman–Crippen MR) is 73.5 cm³/mol. The minimum Gasteiger partial charge on any atom is -0.462 e. The molecule has 2 rings (SSSR count). The van der Waals surface area contributed by atoms with Crippen molar-refractivity contribution in [2.45, 2.75) is 13.3 Å². The molecular formula is C13H15N5O3. The van der Waals surface area contributed by atoms with Crippen LogP contribution in [0.1, 0.15) is 23.1 Å². The minimum atomic E-state index is -0.388. The third kappa shape index (κ3) is 3.85. The number of aryl methyl sites for hydroxylation is 1. The number of rotatable bonds is 5. The molecular weight excluding hydrogens is 274 g/mol. The lowest BCUT2D eigenvalue weighted by Gasteiger charge is -2.06.